The van der Waals surface area contributed by atoms with E-state index in [1.807, 2.05) is 0 Å². The van der Waals surface area contributed by atoms with Crippen molar-refractivity contribution in [3.8, 4) is 0 Å². The third-order valence-corrected chi connectivity index (χ3v) is 3.26. The van der Waals surface area contributed by atoms with Gasteiger partial charge in [-0.05, 0) is 13.3 Å². The maximum absolute atomic E-state index is 11.2. The minimum absolute atomic E-state index is 0.286. The van der Waals surface area contributed by atoms with E-state index in [9.17, 15) is 4.79 Å². The number of hydrogen-bond acceptors (Lipinski definition) is 3. The predicted octanol–water partition coefficient (Wildman–Crippen LogP) is 3.20. The minimum atomic E-state index is -0.920. The topological polar surface area (TPSA) is 67.2 Å². The van der Waals surface area contributed by atoms with Crippen LogP contribution >= 0.6 is 0 Å². The maximum atomic E-state index is 11.2. The molecule has 0 aliphatic carbocycles. The van der Waals surface area contributed by atoms with Crippen LogP contribution in [0, 0.1) is 6.92 Å². The van der Waals surface area contributed by atoms with Gasteiger partial charge in [0, 0.05) is 13.6 Å². The zero-order valence-electron chi connectivity index (χ0n) is 12.2. The number of carboxylic acid groups (broad SMARTS) is 1. The molecule has 0 atom stereocenters. The van der Waals surface area contributed by atoms with E-state index >= 15 is 0 Å². The van der Waals surface area contributed by atoms with E-state index in [1.54, 1.807) is 18.7 Å². The molecule has 5 heteroatoms. The molecule has 1 aromatic rings. The van der Waals surface area contributed by atoms with Crippen molar-refractivity contribution < 1.29 is 9.90 Å². The van der Waals surface area contributed by atoms with Crippen molar-refractivity contribution in [3.63, 3.8) is 0 Å². The van der Waals surface area contributed by atoms with E-state index in [-0.39, 0.29) is 5.56 Å². The smallest absolute Gasteiger partial charge is 0.341 e. The summed E-state index contributed by atoms with van der Waals surface area (Å²) in [5.41, 5.74) is 0.842. The molecule has 0 saturated carbocycles. The van der Waals surface area contributed by atoms with E-state index in [2.05, 4.69) is 17.3 Å². The predicted molar refractivity (Wildman–Crippen MR) is 76.8 cm³/mol. The zero-order chi connectivity index (χ0) is 14.3. The molecule has 1 heterocycles. The highest BCUT2D eigenvalue weighted by Crippen LogP contribution is 2.18. The molecule has 0 aromatic carbocycles. The third kappa shape index (κ3) is 4.58. The summed E-state index contributed by atoms with van der Waals surface area (Å²) in [6.07, 6.45) is 7.36. The van der Waals surface area contributed by atoms with Gasteiger partial charge in [-0.15, -0.1) is 0 Å². The van der Waals surface area contributed by atoms with E-state index in [4.69, 9.17) is 5.11 Å². The lowest BCUT2D eigenvalue weighted by Gasteiger charge is -2.07. The monoisotopic (exact) mass is 267 g/mol. The van der Waals surface area contributed by atoms with Gasteiger partial charge in [0.05, 0.1) is 5.69 Å². The van der Waals surface area contributed by atoms with Crippen LogP contribution in [0.4, 0.5) is 5.82 Å². The molecule has 0 unspecified atom stereocenters. The minimum Gasteiger partial charge on any atom is -0.477 e. The quantitative estimate of drug-likeness (QED) is 0.674. The van der Waals surface area contributed by atoms with Gasteiger partial charge >= 0.3 is 5.97 Å². The standard InChI is InChI=1S/C14H25N3O2/c1-4-5-6-7-8-9-10-15-13-12(14(18)19)11(2)16-17(13)3/h15H,4-10H2,1-3H3,(H,18,19). The SMILES string of the molecule is CCCCCCCCNc1c(C(=O)O)c(C)nn1C. The Morgan fingerprint density at radius 3 is 2.53 bits per heavy atom. The number of rotatable bonds is 9. The second-order valence-corrected chi connectivity index (χ2v) is 4.93. The van der Waals surface area contributed by atoms with Gasteiger partial charge in [-0.2, -0.15) is 5.10 Å². The lowest BCUT2D eigenvalue weighted by atomic mass is 10.1. The normalized spacial score (nSPS) is 10.7. The molecular weight excluding hydrogens is 242 g/mol. The second-order valence-electron chi connectivity index (χ2n) is 4.93. The highest BCUT2D eigenvalue weighted by Gasteiger charge is 2.18. The van der Waals surface area contributed by atoms with Crippen molar-refractivity contribution >= 4 is 11.8 Å². The average Bonchev–Trinajstić information content (AvgIpc) is 2.63. The third-order valence-electron chi connectivity index (χ3n) is 3.26. The van der Waals surface area contributed by atoms with Crippen LogP contribution in [0.1, 0.15) is 61.5 Å². The van der Waals surface area contributed by atoms with Crippen LogP contribution in [-0.4, -0.2) is 27.4 Å². The molecule has 1 rings (SSSR count). The number of hydrogen-bond donors (Lipinski definition) is 2. The van der Waals surface area contributed by atoms with Gasteiger partial charge in [-0.25, -0.2) is 4.79 Å². The summed E-state index contributed by atoms with van der Waals surface area (Å²) in [5.74, 6) is -0.311. The summed E-state index contributed by atoms with van der Waals surface area (Å²) < 4.78 is 1.61. The lowest BCUT2D eigenvalue weighted by Crippen LogP contribution is -2.10. The Balaban J connectivity index is 2.39. The largest absolute Gasteiger partial charge is 0.477 e. The Morgan fingerprint density at radius 1 is 1.26 bits per heavy atom. The van der Waals surface area contributed by atoms with E-state index in [1.165, 1.54) is 32.1 Å². The number of aromatic carboxylic acids is 1. The molecule has 0 saturated heterocycles. The van der Waals surface area contributed by atoms with Gasteiger partial charge in [0.25, 0.3) is 0 Å². The average molecular weight is 267 g/mol. The van der Waals surface area contributed by atoms with E-state index in [0.717, 1.165) is 13.0 Å². The van der Waals surface area contributed by atoms with Crippen LogP contribution in [0.25, 0.3) is 0 Å². The molecule has 0 fully saturated rings. The Morgan fingerprint density at radius 2 is 1.89 bits per heavy atom. The first-order valence-corrected chi connectivity index (χ1v) is 7.08. The number of nitrogens with zero attached hydrogens (tertiary/aromatic N) is 2. The molecule has 1 aromatic heterocycles. The number of unbranched alkanes of at least 4 members (excludes halogenated alkanes) is 5. The van der Waals surface area contributed by atoms with E-state index in [0.29, 0.717) is 11.5 Å². The Hall–Kier alpha value is -1.52. The zero-order valence-corrected chi connectivity index (χ0v) is 12.2. The lowest BCUT2D eigenvalue weighted by molar-refractivity contribution is 0.0697. The van der Waals surface area contributed by atoms with Crippen LogP contribution in [-0.2, 0) is 7.05 Å². The van der Waals surface area contributed by atoms with Crippen molar-refractivity contribution in [2.75, 3.05) is 11.9 Å². The molecule has 0 radical (unpaired) electrons. The molecule has 0 spiro atoms. The summed E-state index contributed by atoms with van der Waals surface area (Å²) >= 11 is 0. The highest BCUT2D eigenvalue weighted by molar-refractivity contribution is 5.94. The van der Waals surface area contributed by atoms with Crippen molar-refractivity contribution in [1.82, 2.24) is 9.78 Å². The molecule has 5 nitrogen and oxygen atoms in total. The summed E-state index contributed by atoms with van der Waals surface area (Å²) in [6.45, 7) is 4.73. The fraction of sp³-hybridized carbons (Fsp3) is 0.714. The van der Waals surface area contributed by atoms with E-state index < -0.39 is 5.97 Å². The number of aromatic nitrogens is 2. The van der Waals surface area contributed by atoms with Crippen molar-refractivity contribution in [1.29, 1.82) is 0 Å². The Bertz CT molecular complexity index is 413. The molecule has 0 amide bonds. The van der Waals surface area contributed by atoms with Crippen molar-refractivity contribution in [3.05, 3.63) is 11.3 Å². The molecular formula is C14H25N3O2. The van der Waals surface area contributed by atoms with Crippen LogP contribution in [0.15, 0.2) is 0 Å². The van der Waals surface area contributed by atoms with Gasteiger partial charge < -0.3 is 10.4 Å². The van der Waals surface area contributed by atoms with Crippen molar-refractivity contribution in [2.45, 2.75) is 52.4 Å². The molecule has 0 bridgehead atoms. The number of anilines is 1. The fourth-order valence-corrected chi connectivity index (χ4v) is 2.23. The molecule has 0 aliphatic heterocycles. The van der Waals surface area contributed by atoms with Gasteiger partial charge in [0.1, 0.15) is 11.4 Å². The highest BCUT2D eigenvalue weighted by atomic mass is 16.4. The molecule has 0 aliphatic rings. The van der Waals surface area contributed by atoms with Crippen molar-refractivity contribution in [2.24, 2.45) is 7.05 Å². The molecule has 19 heavy (non-hydrogen) atoms. The number of carbonyl (C=O) groups is 1. The first-order valence-electron chi connectivity index (χ1n) is 7.08. The van der Waals surface area contributed by atoms with Gasteiger partial charge in [-0.3, -0.25) is 4.68 Å². The first-order chi connectivity index (χ1) is 9.07. The molecule has 2 N–H and O–H groups in total. The van der Waals surface area contributed by atoms with Gasteiger partial charge in [0.15, 0.2) is 0 Å². The van der Waals surface area contributed by atoms with Crippen LogP contribution in [0.5, 0.6) is 0 Å². The van der Waals surface area contributed by atoms with Crippen LogP contribution < -0.4 is 5.32 Å². The summed E-state index contributed by atoms with van der Waals surface area (Å²) in [5, 5.41) is 16.5. The summed E-state index contributed by atoms with van der Waals surface area (Å²) in [7, 11) is 1.77. The van der Waals surface area contributed by atoms with Gasteiger partial charge in [-0.1, -0.05) is 39.0 Å². The number of nitrogens with one attached hydrogen (secondary N) is 1. The maximum Gasteiger partial charge on any atom is 0.341 e. The van der Waals surface area contributed by atoms with Crippen LogP contribution in [0.3, 0.4) is 0 Å². The fourth-order valence-electron chi connectivity index (χ4n) is 2.23. The van der Waals surface area contributed by atoms with Crippen LogP contribution in [0.2, 0.25) is 0 Å². The summed E-state index contributed by atoms with van der Waals surface area (Å²) in [6, 6.07) is 0. The number of carboxylic acids is 1. The molecule has 108 valence electrons. The first kappa shape index (κ1) is 15.5. The summed E-state index contributed by atoms with van der Waals surface area (Å²) in [4.78, 5) is 11.2. The number of aryl methyl sites for hydroxylation is 2. The Labute approximate surface area is 115 Å². The second kappa shape index (κ2) is 7.81. The Kier molecular flexibility index (Phi) is 6.39. The van der Waals surface area contributed by atoms with Gasteiger partial charge in [0.2, 0.25) is 0 Å².